The third-order valence-corrected chi connectivity index (χ3v) is 5.01. The molecule has 0 bridgehead atoms. The highest BCUT2D eigenvalue weighted by molar-refractivity contribution is 5.85. The van der Waals surface area contributed by atoms with Gasteiger partial charge in [0.2, 0.25) is 0 Å². The Morgan fingerprint density at radius 1 is 1.30 bits per heavy atom. The average Bonchev–Trinajstić information content (AvgIpc) is 2.86. The van der Waals surface area contributed by atoms with E-state index >= 15 is 0 Å². The number of aromatic amines is 1. The fourth-order valence-corrected chi connectivity index (χ4v) is 4.15. The summed E-state index contributed by atoms with van der Waals surface area (Å²) in [5.74, 6) is 0.487. The number of nitriles is 1. The molecule has 2 aliphatic rings. The molecule has 2 atom stereocenters. The van der Waals surface area contributed by atoms with Crippen LogP contribution in [0.2, 0.25) is 0 Å². The maximum Gasteiger partial charge on any atom is 0.0625 e. The Bertz CT molecular complexity index is 679. The van der Waals surface area contributed by atoms with Crippen LogP contribution in [0.15, 0.2) is 24.3 Å². The first kappa shape index (κ1) is 12.0. The molecule has 3 heteroatoms. The van der Waals surface area contributed by atoms with Crippen molar-refractivity contribution in [2.24, 2.45) is 5.92 Å². The van der Waals surface area contributed by atoms with Crippen molar-refractivity contribution >= 4 is 10.9 Å². The van der Waals surface area contributed by atoms with Crippen LogP contribution in [0, 0.1) is 17.2 Å². The van der Waals surface area contributed by atoms with Crippen LogP contribution in [-0.2, 0) is 6.42 Å². The highest BCUT2D eigenvalue weighted by atomic mass is 15.2. The van der Waals surface area contributed by atoms with Gasteiger partial charge >= 0.3 is 0 Å². The van der Waals surface area contributed by atoms with E-state index in [1.165, 1.54) is 41.5 Å². The van der Waals surface area contributed by atoms with Gasteiger partial charge in [-0.1, -0.05) is 18.2 Å². The van der Waals surface area contributed by atoms with Gasteiger partial charge in [-0.2, -0.15) is 5.26 Å². The third-order valence-electron chi connectivity index (χ3n) is 5.01. The van der Waals surface area contributed by atoms with Gasteiger partial charge < -0.3 is 4.98 Å². The van der Waals surface area contributed by atoms with Crippen LogP contribution in [0.4, 0.5) is 0 Å². The summed E-state index contributed by atoms with van der Waals surface area (Å²) >= 11 is 0. The van der Waals surface area contributed by atoms with Crippen molar-refractivity contribution in [3.63, 3.8) is 0 Å². The van der Waals surface area contributed by atoms with Crippen LogP contribution < -0.4 is 0 Å². The number of piperidine rings is 1. The molecule has 0 amide bonds. The average molecular weight is 265 g/mol. The van der Waals surface area contributed by atoms with Crippen molar-refractivity contribution in [2.45, 2.75) is 31.7 Å². The first-order valence-electron chi connectivity index (χ1n) is 7.59. The van der Waals surface area contributed by atoms with Gasteiger partial charge in [0.1, 0.15) is 0 Å². The van der Waals surface area contributed by atoms with Crippen LogP contribution in [0.1, 0.15) is 36.6 Å². The molecular weight excluding hydrogens is 246 g/mol. The van der Waals surface area contributed by atoms with Gasteiger partial charge in [0, 0.05) is 29.6 Å². The Kier molecular flexibility index (Phi) is 2.78. The van der Waals surface area contributed by atoms with E-state index in [-0.39, 0.29) is 0 Å². The second-order valence-corrected chi connectivity index (χ2v) is 6.06. The molecule has 1 N–H and O–H groups in total. The molecule has 3 heterocycles. The summed E-state index contributed by atoms with van der Waals surface area (Å²) in [4.78, 5) is 6.24. The number of benzene rings is 1. The summed E-state index contributed by atoms with van der Waals surface area (Å²) in [6, 6.07) is 11.4. The van der Waals surface area contributed by atoms with Crippen molar-refractivity contribution in [2.75, 3.05) is 13.1 Å². The number of hydrogen-bond acceptors (Lipinski definition) is 2. The molecule has 0 unspecified atom stereocenters. The van der Waals surface area contributed by atoms with Crippen LogP contribution in [0.25, 0.3) is 10.9 Å². The zero-order chi connectivity index (χ0) is 13.5. The summed E-state index contributed by atoms with van der Waals surface area (Å²) in [7, 11) is 0. The Labute approximate surface area is 119 Å². The predicted octanol–water partition coefficient (Wildman–Crippen LogP) is 3.39. The van der Waals surface area contributed by atoms with Crippen molar-refractivity contribution in [3.05, 3.63) is 35.5 Å². The molecular formula is C17H19N3. The molecule has 20 heavy (non-hydrogen) atoms. The zero-order valence-electron chi connectivity index (χ0n) is 11.6. The largest absolute Gasteiger partial charge is 0.357 e. The van der Waals surface area contributed by atoms with E-state index in [0.717, 1.165) is 13.0 Å². The molecule has 4 rings (SSSR count). The quantitative estimate of drug-likeness (QED) is 0.858. The lowest BCUT2D eigenvalue weighted by Crippen LogP contribution is -2.43. The molecule has 2 aliphatic heterocycles. The molecule has 1 aromatic heterocycles. The highest BCUT2D eigenvalue weighted by Crippen LogP contribution is 2.43. The van der Waals surface area contributed by atoms with Gasteiger partial charge in [-0.15, -0.1) is 0 Å². The Morgan fingerprint density at radius 3 is 3.10 bits per heavy atom. The maximum atomic E-state index is 9.12. The summed E-state index contributed by atoms with van der Waals surface area (Å²) < 4.78 is 0. The van der Waals surface area contributed by atoms with Crippen molar-refractivity contribution in [1.82, 2.24) is 9.88 Å². The zero-order valence-corrected chi connectivity index (χ0v) is 11.6. The second-order valence-electron chi connectivity index (χ2n) is 6.06. The highest BCUT2D eigenvalue weighted by Gasteiger charge is 2.37. The molecule has 1 saturated heterocycles. The number of nitrogens with one attached hydrogen (secondary N) is 1. The summed E-state index contributed by atoms with van der Waals surface area (Å²) in [6.07, 6.45) is 4.23. The Hall–Kier alpha value is -1.79. The van der Waals surface area contributed by atoms with Crippen molar-refractivity contribution in [3.8, 4) is 6.07 Å². The number of H-pyrrole nitrogens is 1. The first-order chi connectivity index (χ1) is 9.88. The third kappa shape index (κ3) is 1.68. The lowest BCUT2D eigenvalue weighted by Gasteiger charge is -2.43. The van der Waals surface area contributed by atoms with Crippen LogP contribution in [0.5, 0.6) is 0 Å². The smallest absolute Gasteiger partial charge is 0.0625 e. The van der Waals surface area contributed by atoms with E-state index in [2.05, 4.69) is 40.2 Å². The maximum absolute atomic E-state index is 9.12. The van der Waals surface area contributed by atoms with Gasteiger partial charge in [0.15, 0.2) is 0 Å². The minimum atomic E-state index is 0.430. The van der Waals surface area contributed by atoms with Gasteiger partial charge in [0.05, 0.1) is 12.1 Å². The van der Waals surface area contributed by atoms with Gasteiger partial charge in [-0.05, 0) is 43.4 Å². The molecule has 3 nitrogen and oxygen atoms in total. The number of hydrogen-bond donors (Lipinski definition) is 1. The van der Waals surface area contributed by atoms with Crippen molar-refractivity contribution < 1.29 is 0 Å². The van der Waals surface area contributed by atoms with Gasteiger partial charge in [-0.3, -0.25) is 4.90 Å². The van der Waals surface area contributed by atoms with Crippen LogP contribution in [-0.4, -0.2) is 23.0 Å². The van der Waals surface area contributed by atoms with E-state index in [1.807, 2.05) is 0 Å². The van der Waals surface area contributed by atoms with Gasteiger partial charge in [0.25, 0.3) is 0 Å². The Balaban J connectivity index is 1.85. The lowest BCUT2D eigenvalue weighted by atomic mass is 9.81. The SMILES string of the molecule is N#CC[C@@H]1CCCN2CCc3c([nH]c4ccccc34)[C@@H]12. The first-order valence-corrected chi connectivity index (χ1v) is 7.59. The van der Waals surface area contributed by atoms with Crippen LogP contribution in [0.3, 0.4) is 0 Å². The number of fused-ring (bicyclic) bond motifs is 5. The minimum absolute atomic E-state index is 0.430. The minimum Gasteiger partial charge on any atom is -0.357 e. The normalized spacial score (nSPS) is 25.9. The molecule has 0 spiro atoms. The number of aromatic nitrogens is 1. The fourth-order valence-electron chi connectivity index (χ4n) is 4.15. The number of rotatable bonds is 1. The molecule has 102 valence electrons. The van der Waals surface area contributed by atoms with E-state index in [9.17, 15) is 0 Å². The summed E-state index contributed by atoms with van der Waals surface area (Å²) in [5.41, 5.74) is 4.13. The van der Waals surface area contributed by atoms with E-state index in [4.69, 9.17) is 5.26 Å². The van der Waals surface area contributed by atoms with E-state index in [0.29, 0.717) is 18.4 Å². The van der Waals surface area contributed by atoms with E-state index < -0.39 is 0 Å². The molecule has 0 radical (unpaired) electrons. The molecule has 0 aliphatic carbocycles. The summed E-state index contributed by atoms with van der Waals surface area (Å²) in [6.45, 7) is 2.32. The molecule has 1 fully saturated rings. The van der Waals surface area contributed by atoms with Crippen molar-refractivity contribution in [1.29, 1.82) is 5.26 Å². The fraction of sp³-hybridized carbons (Fsp3) is 0.471. The number of para-hydroxylation sites is 1. The Morgan fingerprint density at radius 2 is 2.20 bits per heavy atom. The molecule has 2 aromatic rings. The molecule has 0 saturated carbocycles. The monoisotopic (exact) mass is 265 g/mol. The standard InChI is InChI=1S/C17H19N3/c18-9-7-12-4-3-10-20-11-8-14-13-5-1-2-6-15(13)19-16(14)17(12)20/h1-2,5-6,12,17,19H,3-4,7-8,10-11H2/t12-,17+/m0/s1. The number of nitrogens with zero attached hydrogens (tertiary/aromatic N) is 2. The predicted molar refractivity (Wildman–Crippen MR) is 79.3 cm³/mol. The second kappa shape index (κ2) is 4.64. The lowest BCUT2D eigenvalue weighted by molar-refractivity contribution is 0.0829. The topological polar surface area (TPSA) is 42.8 Å². The van der Waals surface area contributed by atoms with E-state index in [1.54, 1.807) is 0 Å². The molecule has 1 aromatic carbocycles. The van der Waals surface area contributed by atoms with Crippen LogP contribution >= 0.6 is 0 Å². The summed E-state index contributed by atoms with van der Waals surface area (Å²) in [5, 5.41) is 10.5. The van der Waals surface area contributed by atoms with Gasteiger partial charge in [-0.25, -0.2) is 0 Å².